The Balaban J connectivity index is 2.35. The average Bonchev–Trinajstić information content (AvgIpc) is 2.71. The summed E-state index contributed by atoms with van der Waals surface area (Å²) in [5, 5.41) is 3.11. The van der Waals surface area contributed by atoms with E-state index >= 15 is 0 Å². The van der Waals surface area contributed by atoms with E-state index in [2.05, 4.69) is 32.4 Å². The highest BCUT2D eigenvalue weighted by Crippen LogP contribution is 2.32. The van der Waals surface area contributed by atoms with Crippen LogP contribution in [0.3, 0.4) is 0 Å². The van der Waals surface area contributed by atoms with Crippen molar-refractivity contribution in [2.24, 2.45) is 5.73 Å². The number of rotatable bonds is 2. The Labute approximate surface area is 92.6 Å². The van der Waals surface area contributed by atoms with Crippen LogP contribution < -0.4 is 5.73 Å². The Kier molecular flexibility index (Phi) is 2.78. The highest BCUT2D eigenvalue weighted by atomic mass is 79.9. The molecular formula is C8H7BrN2S2. The molecule has 0 aliphatic heterocycles. The van der Waals surface area contributed by atoms with E-state index in [0.29, 0.717) is 6.54 Å². The Bertz CT molecular complexity index is 408. The molecule has 2 aromatic heterocycles. The molecule has 2 heterocycles. The minimum atomic E-state index is 0.574. The summed E-state index contributed by atoms with van der Waals surface area (Å²) in [5.41, 5.74) is 5.51. The van der Waals surface area contributed by atoms with E-state index in [0.717, 1.165) is 14.4 Å². The van der Waals surface area contributed by atoms with E-state index in [1.54, 1.807) is 22.7 Å². The lowest BCUT2D eigenvalue weighted by atomic mass is 10.5. The molecule has 13 heavy (non-hydrogen) atoms. The second-order valence-corrected chi connectivity index (χ2v) is 5.41. The molecule has 0 unspecified atom stereocenters. The van der Waals surface area contributed by atoms with Crippen molar-refractivity contribution in [1.82, 2.24) is 4.98 Å². The predicted molar refractivity (Wildman–Crippen MR) is 61.0 cm³/mol. The van der Waals surface area contributed by atoms with Crippen LogP contribution >= 0.6 is 38.6 Å². The van der Waals surface area contributed by atoms with Crippen molar-refractivity contribution in [2.75, 3.05) is 0 Å². The predicted octanol–water partition coefficient (Wildman–Crippen LogP) is 3.09. The maximum atomic E-state index is 5.51. The molecule has 5 heteroatoms. The van der Waals surface area contributed by atoms with Crippen LogP contribution in [0.15, 0.2) is 22.1 Å². The molecule has 0 amide bonds. The summed E-state index contributed by atoms with van der Waals surface area (Å²) in [4.78, 5) is 6.61. The molecule has 2 rings (SSSR count). The quantitative estimate of drug-likeness (QED) is 0.914. The number of nitrogens with zero attached hydrogens (tertiary/aromatic N) is 1. The number of halogens is 1. The van der Waals surface area contributed by atoms with Gasteiger partial charge < -0.3 is 5.73 Å². The topological polar surface area (TPSA) is 38.9 Å². The third-order valence-electron chi connectivity index (χ3n) is 1.53. The van der Waals surface area contributed by atoms with Gasteiger partial charge in [-0.15, -0.1) is 22.7 Å². The Hall–Kier alpha value is -0.230. The standard InChI is InChI=1S/C8H7BrN2S2/c9-5-1-7(12-4-5)8-11-3-6(2-10)13-8/h1,3-4H,2,10H2. The van der Waals surface area contributed by atoms with Crippen LogP contribution in [0.25, 0.3) is 9.88 Å². The highest BCUT2D eigenvalue weighted by Gasteiger charge is 2.05. The van der Waals surface area contributed by atoms with Crippen molar-refractivity contribution in [3.05, 3.63) is 27.0 Å². The van der Waals surface area contributed by atoms with Gasteiger partial charge in [0, 0.05) is 27.5 Å². The number of nitrogens with two attached hydrogens (primary N) is 1. The van der Waals surface area contributed by atoms with Crippen LogP contribution in [0.4, 0.5) is 0 Å². The SMILES string of the molecule is NCc1cnc(-c2cc(Br)cs2)s1. The normalized spacial score (nSPS) is 10.6. The lowest BCUT2D eigenvalue weighted by Crippen LogP contribution is -1.91. The van der Waals surface area contributed by atoms with Gasteiger partial charge >= 0.3 is 0 Å². The van der Waals surface area contributed by atoms with E-state index in [1.165, 1.54) is 4.88 Å². The zero-order valence-electron chi connectivity index (χ0n) is 6.66. The summed E-state index contributed by atoms with van der Waals surface area (Å²) in [6.07, 6.45) is 1.84. The van der Waals surface area contributed by atoms with Gasteiger partial charge in [0.15, 0.2) is 0 Å². The minimum Gasteiger partial charge on any atom is -0.326 e. The van der Waals surface area contributed by atoms with Gasteiger partial charge in [0.1, 0.15) is 5.01 Å². The van der Waals surface area contributed by atoms with Gasteiger partial charge in [-0.25, -0.2) is 4.98 Å². The Morgan fingerprint density at radius 1 is 1.54 bits per heavy atom. The second kappa shape index (κ2) is 3.88. The van der Waals surface area contributed by atoms with E-state index < -0.39 is 0 Å². The Morgan fingerprint density at radius 2 is 2.38 bits per heavy atom. The summed E-state index contributed by atoms with van der Waals surface area (Å²) < 4.78 is 1.11. The van der Waals surface area contributed by atoms with Gasteiger partial charge in [-0.2, -0.15) is 0 Å². The molecule has 0 fully saturated rings. The summed E-state index contributed by atoms with van der Waals surface area (Å²) in [5.74, 6) is 0. The Morgan fingerprint density at radius 3 is 2.92 bits per heavy atom. The van der Waals surface area contributed by atoms with Crippen LogP contribution in [0.2, 0.25) is 0 Å². The first-order chi connectivity index (χ1) is 6.29. The fraction of sp³-hybridized carbons (Fsp3) is 0.125. The summed E-state index contributed by atoms with van der Waals surface area (Å²) >= 11 is 6.76. The molecule has 0 aromatic carbocycles. The van der Waals surface area contributed by atoms with Gasteiger partial charge in [0.2, 0.25) is 0 Å². The lowest BCUT2D eigenvalue weighted by molar-refractivity contribution is 1.10. The van der Waals surface area contributed by atoms with Crippen molar-refractivity contribution >= 4 is 38.6 Å². The van der Waals surface area contributed by atoms with Crippen LogP contribution in [0.5, 0.6) is 0 Å². The molecule has 0 aliphatic rings. The number of thiazole rings is 1. The zero-order valence-corrected chi connectivity index (χ0v) is 9.88. The smallest absolute Gasteiger partial charge is 0.133 e. The molecule has 2 aromatic rings. The van der Waals surface area contributed by atoms with Crippen LogP contribution in [-0.4, -0.2) is 4.98 Å². The number of thiophene rings is 1. The highest BCUT2D eigenvalue weighted by molar-refractivity contribution is 9.10. The monoisotopic (exact) mass is 274 g/mol. The van der Waals surface area contributed by atoms with Crippen molar-refractivity contribution < 1.29 is 0 Å². The summed E-state index contributed by atoms with van der Waals surface area (Å²) in [7, 11) is 0. The number of hydrogen-bond acceptors (Lipinski definition) is 4. The number of aromatic nitrogens is 1. The summed E-state index contributed by atoms with van der Waals surface area (Å²) in [6, 6.07) is 2.07. The van der Waals surface area contributed by atoms with Crippen molar-refractivity contribution in [2.45, 2.75) is 6.54 Å². The van der Waals surface area contributed by atoms with E-state index in [-0.39, 0.29) is 0 Å². The first-order valence-corrected chi connectivity index (χ1v) is 6.17. The van der Waals surface area contributed by atoms with Crippen LogP contribution in [-0.2, 0) is 6.54 Å². The molecule has 0 aliphatic carbocycles. The molecule has 0 bridgehead atoms. The fourth-order valence-electron chi connectivity index (χ4n) is 0.941. The third kappa shape index (κ3) is 1.99. The molecule has 68 valence electrons. The third-order valence-corrected chi connectivity index (χ3v) is 4.41. The molecule has 0 atom stereocenters. The molecule has 0 saturated carbocycles. The largest absolute Gasteiger partial charge is 0.326 e. The maximum absolute atomic E-state index is 5.51. The fourth-order valence-corrected chi connectivity index (χ4v) is 3.23. The molecule has 0 spiro atoms. The van der Waals surface area contributed by atoms with Crippen LogP contribution in [0, 0.1) is 0 Å². The van der Waals surface area contributed by atoms with Crippen molar-refractivity contribution in [3.8, 4) is 9.88 Å². The molecule has 2 nitrogen and oxygen atoms in total. The summed E-state index contributed by atoms with van der Waals surface area (Å²) in [6.45, 7) is 0.574. The minimum absolute atomic E-state index is 0.574. The van der Waals surface area contributed by atoms with Gasteiger partial charge in [0.05, 0.1) is 4.88 Å². The van der Waals surface area contributed by atoms with Crippen LogP contribution in [0.1, 0.15) is 4.88 Å². The molecule has 0 radical (unpaired) electrons. The van der Waals surface area contributed by atoms with E-state index in [9.17, 15) is 0 Å². The maximum Gasteiger partial charge on any atom is 0.133 e. The van der Waals surface area contributed by atoms with Gasteiger partial charge in [-0.3, -0.25) is 0 Å². The van der Waals surface area contributed by atoms with Gasteiger partial charge in [0.25, 0.3) is 0 Å². The molecular weight excluding hydrogens is 268 g/mol. The van der Waals surface area contributed by atoms with Gasteiger partial charge in [-0.05, 0) is 22.0 Å². The first-order valence-electron chi connectivity index (χ1n) is 3.69. The first kappa shape index (κ1) is 9.33. The second-order valence-electron chi connectivity index (χ2n) is 2.47. The van der Waals surface area contributed by atoms with Crippen molar-refractivity contribution in [3.63, 3.8) is 0 Å². The number of hydrogen-bond donors (Lipinski definition) is 1. The zero-order chi connectivity index (χ0) is 9.26. The molecule has 2 N–H and O–H groups in total. The van der Waals surface area contributed by atoms with Crippen molar-refractivity contribution in [1.29, 1.82) is 0 Å². The average molecular weight is 275 g/mol. The molecule has 0 saturated heterocycles. The van der Waals surface area contributed by atoms with Gasteiger partial charge in [-0.1, -0.05) is 0 Å². The van der Waals surface area contributed by atoms with E-state index in [1.807, 2.05) is 6.20 Å². The van der Waals surface area contributed by atoms with E-state index in [4.69, 9.17) is 5.73 Å². The lowest BCUT2D eigenvalue weighted by Gasteiger charge is -1.85.